The molecular formula is C56H96O6. The van der Waals surface area contributed by atoms with E-state index in [0.29, 0.717) is 19.3 Å². The first kappa shape index (κ1) is 58.9. The molecule has 0 aliphatic rings. The molecule has 0 aliphatic carbocycles. The summed E-state index contributed by atoms with van der Waals surface area (Å²) in [6.45, 7) is 6.52. The van der Waals surface area contributed by atoms with Gasteiger partial charge < -0.3 is 14.2 Å². The van der Waals surface area contributed by atoms with Crippen molar-refractivity contribution >= 4 is 17.9 Å². The lowest BCUT2D eigenvalue weighted by Gasteiger charge is -2.18. The van der Waals surface area contributed by atoms with Gasteiger partial charge in [-0.25, -0.2) is 0 Å². The van der Waals surface area contributed by atoms with Crippen LogP contribution in [0.15, 0.2) is 72.9 Å². The zero-order valence-corrected chi connectivity index (χ0v) is 40.6. The Hall–Kier alpha value is -3.15. The second kappa shape index (κ2) is 50.5. The van der Waals surface area contributed by atoms with Crippen molar-refractivity contribution in [1.82, 2.24) is 0 Å². The van der Waals surface area contributed by atoms with E-state index < -0.39 is 6.10 Å². The van der Waals surface area contributed by atoms with Gasteiger partial charge in [-0.1, -0.05) is 209 Å². The Kier molecular flexibility index (Phi) is 47.9. The molecule has 0 N–H and O–H groups in total. The Labute approximate surface area is 382 Å². The average molecular weight is 865 g/mol. The molecule has 0 saturated heterocycles. The summed E-state index contributed by atoms with van der Waals surface area (Å²) in [4.78, 5) is 37.9. The molecule has 0 fully saturated rings. The lowest BCUT2D eigenvalue weighted by atomic mass is 10.0. The number of unbranched alkanes of at least 4 members (excludes halogenated alkanes) is 23. The second-order valence-electron chi connectivity index (χ2n) is 17.1. The summed E-state index contributed by atoms with van der Waals surface area (Å²) in [6.07, 6.45) is 63.1. The van der Waals surface area contributed by atoms with Crippen molar-refractivity contribution in [3.63, 3.8) is 0 Å². The first-order valence-corrected chi connectivity index (χ1v) is 25.9. The molecule has 0 unspecified atom stereocenters. The number of rotatable bonds is 46. The van der Waals surface area contributed by atoms with Crippen LogP contribution in [0.25, 0.3) is 0 Å². The quantitative estimate of drug-likeness (QED) is 0.0262. The van der Waals surface area contributed by atoms with E-state index in [1.54, 1.807) is 0 Å². The number of esters is 3. The van der Waals surface area contributed by atoms with E-state index >= 15 is 0 Å². The van der Waals surface area contributed by atoms with Gasteiger partial charge in [0.05, 0.1) is 0 Å². The molecule has 0 aromatic rings. The largest absolute Gasteiger partial charge is 0.462 e. The molecule has 0 rings (SSSR count). The molecule has 0 aliphatic heterocycles. The van der Waals surface area contributed by atoms with Gasteiger partial charge in [0.15, 0.2) is 6.10 Å². The Balaban J connectivity index is 4.49. The molecule has 62 heavy (non-hydrogen) atoms. The van der Waals surface area contributed by atoms with Crippen molar-refractivity contribution in [1.29, 1.82) is 0 Å². The van der Waals surface area contributed by atoms with E-state index in [-0.39, 0.29) is 37.5 Å². The van der Waals surface area contributed by atoms with Crippen molar-refractivity contribution in [3.8, 4) is 0 Å². The van der Waals surface area contributed by atoms with E-state index in [2.05, 4.69) is 93.7 Å². The highest BCUT2D eigenvalue weighted by molar-refractivity contribution is 5.71. The molecule has 356 valence electrons. The maximum absolute atomic E-state index is 12.8. The van der Waals surface area contributed by atoms with Gasteiger partial charge >= 0.3 is 17.9 Å². The molecule has 0 radical (unpaired) electrons. The number of allylic oxidation sites excluding steroid dienone is 12. The van der Waals surface area contributed by atoms with Crippen LogP contribution in [0.4, 0.5) is 0 Å². The summed E-state index contributed by atoms with van der Waals surface area (Å²) in [6, 6.07) is 0. The molecule has 1 atom stereocenters. The minimum absolute atomic E-state index is 0.0967. The molecule has 6 nitrogen and oxygen atoms in total. The van der Waals surface area contributed by atoms with E-state index in [9.17, 15) is 14.4 Å². The number of hydrogen-bond acceptors (Lipinski definition) is 6. The molecule has 0 amide bonds. The smallest absolute Gasteiger partial charge is 0.306 e. The molecule has 0 aromatic carbocycles. The second-order valence-corrected chi connectivity index (χ2v) is 17.1. The molecule has 0 saturated carbocycles. The predicted octanol–water partition coefficient (Wildman–Crippen LogP) is 17.0. The molecular weight excluding hydrogens is 769 g/mol. The van der Waals surface area contributed by atoms with E-state index in [1.807, 2.05) is 0 Å². The van der Waals surface area contributed by atoms with E-state index in [1.165, 1.54) is 109 Å². The third kappa shape index (κ3) is 47.9. The summed E-state index contributed by atoms with van der Waals surface area (Å²) in [5, 5.41) is 0. The lowest BCUT2D eigenvalue weighted by Crippen LogP contribution is -2.30. The number of carbonyl (C=O) groups is 3. The number of hydrogen-bond donors (Lipinski definition) is 0. The SMILES string of the molecule is CCCCC/C=C\C/C=C\C/C=C\C/C=C\CCCC(=O)OC[C@@H](COC(=O)CCCCCCCCCCCCCC)OC(=O)CCCCCCC/C=C\C/C=C\CCCCC. The molecule has 6 heteroatoms. The minimum atomic E-state index is -0.802. The van der Waals surface area contributed by atoms with Crippen molar-refractivity contribution in [2.45, 2.75) is 252 Å². The van der Waals surface area contributed by atoms with Gasteiger partial charge in [0.25, 0.3) is 0 Å². The van der Waals surface area contributed by atoms with Gasteiger partial charge in [0.2, 0.25) is 0 Å². The first-order valence-electron chi connectivity index (χ1n) is 25.9. The average Bonchev–Trinajstić information content (AvgIpc) is 3.27. The predicted molar refractivity (Wildman–Crippen MR) is 265 cm³/mol. The monoisotopic (exact) mass is 865 g/mol. The van der Waals surface area contributed by atoms with Crippen molar-refractivity contribution in [2.75, 3.05) is 13.2 Å². The Morgan fingerprint density at radius 2 is 0.597 bits per heavy atom. The minimum Gasteiger partial charge on any atom is -0.462 e. The van der Waals surface area contributed by atoms with Gasteiger partial charge in [-0.05, 0) is 89.9 Å². The third-order valence-electron chi connectivity index (χ3n) is 10.9. The summed E-state index contributed by atoms with van der Waals surface area (Å²) >= 11 is 0. The number of carbonyl (C=O) groups excluding carboxylic acids is 3. The van der Waals surface area contributed by atoms with Crippen molar-refractivity contribution < 1.29 is 28.6 Å². The molecule has 0 spiro atoms. The lowest BCUT2D eigenvalue weighted by molar-refractivity contribution is -0.167. The Morgan fingerprint density at radius 3 is 1.00 bits per heavy atom. The fraction of sp³-hybridized carbons (Fsp3) is 0.732. The van der Waals surface area contributed by atoms with Crippen LogP contribution in [0.2, 0.25) is 0 Å². The van der Waals surface area contributed by atoms with Crippen LogP contribution in [-0.4, -0.2) is 37.2 Å². The highest BCUT2D eigenvalue weighted by Crippen LogP contribution is 2.14. The van der Waals surface area contributed by atoms with Crippen LogP contribution in [-0.2, 0) is 28.6 Å². The van der Waals surface area contributed by atoms with Crippen LogP contribution >= 0.6 is 0 Å². The summed E-state index contributed by atoms with van der Waals surface area (Å²) < 4.78 is 16.7. The van der Waals surface area contributed by atoms with Crippen LogP contribution in [0, 0.1) is 0 Å². The van der Waals surface area contributed by atoms with Crippen LogP contribution < -0.4 is 0 Å². The molecule has 0 heterocycles. The Morgan fingerprint density at radius 1 is 0.323 bits per heavy atom. The highest BCUT2D eigenvalue weighted by Gasteiger charge is 2.19. The summed E-state index contributed by atoms with van der Waals surface area (Å²) in [5.74, 6) is -0.968. The fourth-order valence-corrected chi connectivity index (χ4v) is 6.99. The van der Waals surface area contributed by atoms with Gasteiger partial charge in [-0.15, -0.1) is 0 Å². The van der Waals surface area contributed by atoms with Crippen LogP contribution in [0.5, 0.6) is 0 Å². The molecule has 0 bridgehead atoms. The Bertz CT molecular complexity index is 1180. The standard InChI is InChI=1S/C56H96O6/c1-4-7-10-13-16-19-22-25-27-28-30-31-34-37-40-43-46-49-55(58)61-52-53(51-60-54(57)48-45-42-39-36-33-24-21-18-15-12-9-6-3)62-56(59)50-47-44-41-38-35-32-29-26-23-20-17-14-11-8-5-2/h16-17,19-20,25-27,29-31,37,40,53H,4-15,18,21-24,28,32-36,38-39,41-52H2,1-3H3/b19-16-,20-17-,27-25-,29-26-,31-30-,40-37-/t53-/m1/s1. The van der Waals surface area contributed by atoms with Crippen molar-refractivity contribution in [2.24, 2.45) is 0 Å². The first-order chi connectivity index (χ1) is 30.5. The third-order valence-corrected chi connectivity index (χ3v) is 10.9. The van der Waals surface area contributed by atoms with E-state index in [4.69, 9.17) is 14.2 Å². The maximum Gasteiger partial charge on any atom is 0.306 e. The van der Waals surface area contributed by atoms with Crippen molar-refractivity contribution in [3.05, 3.63) is 72.9 Å². The highest BCUT2D eigenvalue weighted by atomic mass is 16.6. The summed E-state index contributed by atoms with van der Waals surface area (Å²) in [5.41, 5.74) is 0. The maximum atomic E-state index is 12.8. The van der Waals surface area contributed by atoms with Crippen LogP contribution in [0.1, 0.15) is 245 Å². The van der Waals surface area contributed by atoms with Gasteiger partial charge in [0.1, 0.15) is 13.2 Å². The van der Waals surface area contributed by atoms with Gasteiger partial charge in [-0.2, -0.15) is 0 Å². The number of ether oxygens (including phenoxy) is 3. The topological polar surface area (TPSA) is 78.9 Å². The zero-order chi connectivity index (χ0) is 45.1. The van der Waals surface area contributed by atoms with Gasteiger partial charge in [0, 0.05) is 19.3 Å². The van der Waals surface area contributed by atoms with Crippen LogP contribution in [0.3, 0.4) is 0 Å². The van der Waals surface area contributed by atoms with E-state index in [0.717, 1.165) is 89.9 Å². The molecule has 0 aromatic heterocycles. The summed E-state index contributed by atoms with van der Waals surface area (Å²) in [7, 11) is 0. The fourth-order valence-electron chi connectivity index (χ4n) is 6.99. The normalized spacial score (nSPS) is 12.6. The zero-order valence-electron chi connectivity index (χ0n) is 40.6. The van der Waals surface area contributed by atoms with Gasteiger partial charge in [-0.3, -0.25) is 14.4 Å².